The average molecular weight is 501 g/mol. The fourth-order valence-electron chi connectivity index (χ4n) is 3.70. The van der Waals surface area contributed by atoms with Crippen molar-refractivity contribution in [3.63, 3.8) is 0 Å². The molecule has 0 bridgehead atoms. The molecule has 4 heterocycles. The summed E-state index contributed by atoms with van der Waals surface area (Å²) in [7, 11) is 1.68. The minimum atomic E-state index is -0.587. The number of aromatic nitrogens is 3. The van der Waals surface area contributed by atoms with E-state index in [0.717, 1.165) is 11.1 Å². The molecule has 0 radical (unpaired) electrons. The molecule has 0 aliphatic carbocycles. The van der Waals surface area contributed by atoms with Crippen LogP contribution in [0, 0.1) is 12.7 Å². The van der Waals surface area contributed by atoms with Crippen LogP contribution in [0.25, 0.3) is 10.2 Å². The van der Waals surface area contributed by atoms with Crippen molar-refractivity contribution in [1.82, 2.24) is 24.8 Å². The van der Waals surface area contributed by atoms with E-state index in [-0.39, 0.29) is 23.9 Å². The summed E-state index contributed by atoms with van der Waals surface area (Å²) in [5.41, 5.74) is 1.02. The lowest BCUT2D eigenvalue weighted by Crippen LogP contribution is -2.61. The molecule has 1 atom stereocenters. The maximum absolute atomic E-state index is 13.6. The predicted molar refractivity (Wildman–Crippen MR) is 132 cm³/mol. The number of likely N-dealkylation sites (N-methyl/N-ethyl adjacent to an activating group) is 1. The Morgan fingerprint density at radius 1 is 1.26 bits per heavy atom. The van der Waals surface area contributed by atoms with Gasteiger partial charge < -0.3 is 19.9 Å². The number of rotatable bonds is 5. The Kier molecular flexibility index (Phi) is 6.63. The van der Waals surface area contributed by atoms with Crippen LogP contribution in [0.15, 0.2) is 24.5 Å². The van der Waals surface area contributed by atoms with Crippen molar-refractivity contribution in [2.45, 2.75) is 52.3 Å². The summed E-state index contributed by atoms with van der Waals surface area (Å²) < 4.78 is 19.7. The van der Waals surface area contributed by atoms with Crippen LogP contribution < -0.4 is 5.32 Å². The summed E-state index contributed by atoms with van der Waals surface area (Å²) in [4.78, 5) is 42.9. The molecule has 0 aromatic carbocycles. The minimum absolute atomic E-state index is 0.130. The van der Waals surface area contributed by atoms with Crippen LogP contribution in [-0.4, -0.2) is 68.5 Å². The molecule has 3 aromatic rings. The van der Waals surface area contributed by atoms with Gasteiger partial charge in [0.1, 0.15) is 11.4 Å². The van der Waals surface area contributed by atoms with E-state index in [0.29, 0.717) is 34.6 Å². The second-order valence-electron chi connectivity index (χ2n) is 9.72. The first kappa shape index (κ1) is 24.8. The van der Waals surface area contributed by atoms with Gasteiger partial charge in [0.05, 0.1) is 28.5 Å². The topological polar surface area (TPSA) is 101 Å². The summed E-state index contributed by atoms with van der Waals surface area (Å²) in [6.07, 6.45) is 2.30. The van der Waals surface area contributed by atoms with E-state index in [9.17, 15) is 14.0 Å². The first-order chi connectivity index (χ1) is 16.4. The molecule has 1 aliphatic rings. The standard InChI is InChI=1S/C24H29FN6O3S/c1-13-7-18-20(35-13)19(29-22(28-18)27-14(2)15-8-16(25)10-26-9-15)21(32)31-11-17(12-31)30(6)23(33)34-24(3,4)5/h7-10,14,17H,11-12H2,1-6H3,(H,27,28,29). The maximum Gasteiger partial charge on any atom is 0.410 e. The van der Waals surface area contributed by atoms with Crippen molar-refractivity contribution in [3.8, 4) is 0 Å². The lowest BCUT2D eigenvalue weighted by atomic mass is 10.1. The Morgan fingerprint density at radius 2 is 1.97 bits per heavy atom. The number of carbonyl (C=O) groups is 2. The molecule has 1 aliphatic heterocycles. The first-order valence-electron chi connectivity index (χ1n) is 11.3. The van der Waals surface area contributed by atoms with Gasteiger partial charge >= 0.3 is 6.09 Å². The maximum atomic E-state index is 13.6. The molecular weight excluding hydrogens is 471 g/mol. The van der Waals surface area contributed by atoms with Crippen molar-refractivity contribution < 1.29 is 18.7 Å². The Labute approximate surface area is 207 Å². The Balaban J connectivity index is 1.52. The zero-order valence-corrected chi connectivity index (χ0v) is 21.4. The van der Waals surface area contributed by atoms with Gasteiger partial charge in [-0.05, 0) is 52.3 Å². The Hall–Kier alpha value is -3.34. The number of hydrogen-bond acceptors (Lipinski definition) is 8. The van der Waals surface area contributed by atoms with Gasteiger partial charge in [0.2, 0.25) is 5.95 Å². The number of nitrogens with one attached hydrogen (secondary N) is 1. The number of hydrogen-bond donors (Lipinski definition) is 1. The van der Waals surface area contributed by atoms with E-state index in [2.05, 4.69) is 20.3 Å². The van der Waals surface area contributed by atoms with Crippen LogP contribution in [0.4, 0.5) is 15.1 Å². The number of nitrogens with zero attached hydrogens (tertiary/aromatic N) is 5. The number of carbonyl (C=O) groups excluding carboxylic acids is 2. The molecule has 1 N–H and O–H groups in total. The minimum Gasteiger partial charge on any atom is -0.444 e. The van der Waals surface area contributed by atoms with E-state index in [1.165, 1.54) is 22.3 Å². The van der Waals surface area contributed by atoms with Crippen molar-refractivity contribution in [1.29, 1.82) is 0 Å². The number of ether oxygens (including phenoxy) is 1. The largest absolute Gasteiger partial charge is 0.444 e. The molecule has 3 aromatic heterocycles. The number of amides is 2. The highest BCUT2D eigenvalue weighted by Crippen LogP contribution is 2.30. The Bertz CT molecular complexity index is 1270. The van der Waals surface area contributed by atoms with Crippen molar-refractivity contribution in [2.75, 3.05) is 25.5 Å². The van der Waals surface area contributed by atoms with Crippen LogP contribution in [0.2, 0.25) is 0 Å². The summed E-state index contributed by atoms with van der Waals surface area (Å²) >= 11 is 1.46. The van der Waals surface area contributed by atoms with Crippen LogP contribution >= 0.6 is 11.3 Å². The quantitative estimate of drug-likeness (QED) is 0.554. The number of likely N-dealkylation sites (tertiary alicyclic amines) is 1. The van der Waals surface area contributed by atoms with E-state index in [1.807, 2.05) is 40.7 Å². The van der Waals surface area contributed by atoms with Crippen molar-refractivity contribution in [3.05, 3.63) is 46.5 Å². The third-order valence-electron chi connectivity index (χ3n) is 5.65. The van der Waals surface area contributed by atoms with Crippen LogP contribution in [0.5, 0.6) is 0 Å². The third-order valence-corrected chi connectivity index (χ3v) is 6.69. The van der Waals surface area contributed by atoms with Gasteiger partial charge in [-0.2, -0.15) is 0 Å². The summed E-state index contributed by atoms with van der Waals surface area (Å²) in [5, 5.41) is 3.16. The zero-order valence-electron chi connectivity index (χ0n) is 20.6. The number of thiophene rings is 1. The molecule has 9 nitrogen and oxygen atoms in total. The number of fused-ring (bicyclic) bond motifs is 1. The third kappa shape index (κ3) is 5.50. The van der Waals surface area contributed by atoms with Gasteiger partial charge in [-0.1, -0.05) is 0 Å². The summed E-state index contributed by atoms with van der Waals surface area (Å²) in [6.45, 7) is 10.0. The van der Waals surface area contributed by atoms with Crippen molar-refractivity contribution in [2.24, 2.45) is 0 Å². The number of aryl methyl sites for hydroxylation is 1. The van der Waals surface area contributed by atoms with Crippen LogP contribution in [0.3, 0.4) is 0 Å². The van der Waals surface area contributed by atoms with Crippen LogP contribution in [0.1, 0.15) is 54.7 Å². The lowest BCUT2D eigenvalue weighted by molar-refractivity contribution is -0.00214. The van der Waals surface area contributed by atoms with Gasteiger partial charge in [0.15, 0.2) is 5.69 Å². The van der Waals surface area contributed by atoms with E-state index < -0.39 is 17.5 Å². The van der Waals surface area contributed by atoms with Gasteiger partial charge in [-0.3, -0.25) is 9.78 Å². The number of halogens is 1. The predicted octanol–water partition coefficient (Wildman–Crippen LogP) is 4.40. The van der Waals surface area contributed by atoms with E-state index in [4.69, 9.17) is 4.74 Å². The summed E-state index contributed by atoms with van der Waals surface area (Å²) in [5.74, 6) is -0.380. The molecule has 35 heavy (non-hydrogen) atoms. The second kappa shape index (κ2) is 9.37. The molecule has 186 valence electrons. The molecule has 0 spiro atoms. The van der Waals surface area contributed by atoms with Gasteiger partial charge in [-0.25, -0.2) is 19.2 Å². The molecule has 0 saturated carbocycles. The molecule has 2 amide bonds. The van der Waals surface area contributed by atoms with Gasteiger partial charge in [0, 0.05) is 31.2 Å². The fourth-order valence-corrected chi connectivity index (χ4v) is 4.63. The lowest BCUT2D eigenvalue weighted by Gasteiger charge is -2.43. The summed E-state index contributed by atoms with van der Waals surface area (Å²) in [6, 6.07) is 2.85. The number of pyridine rings is 1. The average Bonchev–Trinajstić information content (AvgIpc) is 3.10. The molecular formula is C24H29FN6O3S. The zero-order chi connectivity index (χ0) is 25.5. The molecule has 1 saturated heterocycles. The normalized spacial score (nSPS) is 15.0. The number of anilines is 1. The van der Waals surface area contributed by atoms with Gasteiger partial charge in [0.25, 0.3) is 5.91 Å². The van der Waals surface area contributed by atoms with Gasteiger partial charge in [-0.15, -0.1) is 11.3 Å². The monoisotopic (exact) mass is 500 g/mol. The highest BCUT2D eigenvalue weighted by atomic mass is 32.1. The molecule has 1 fully saturated rings. The molecule has 11 heteroatoms. The fraction of sp³-hybridized carbons (Fsp3) is 0.458. The van der Waals surface area contributed by atoms with E-state index >= 15 is 0 Å². The molecule has 4 rings (SSSR count). The van der Waals surface area contributed by atoms with E-state index in [1.54, 1.807) is 18.1 Å². The highest BCUT2D eigenvalue weighted by Gasteiger charge is 2.38. The molecule has 1 unspecified atom stereocenters. The highest BCUT2D eigenvalue weighted by molar-refractivity contribution is 7.19. The Morgan fingerprint density at radius 3 is 2.63 bits per heavy atom. The van der Waals surface area contributed by atoms with Crippen LogP contribution in [-0.2, 0) is 4.74 Å². The first-order valence-corrected chi connectivity index (χ1v) is 12.1. The SMILES string of the molecule is Cc1cc2nc(NC(C)c3cncc(F)c3)nc(C(=O)N3CC(N(C)C(=O)OC(C)(C)C)C3)c2s1. The second-order valence-corrected chi connectivity index (χ2v) is 11.0. The smallest absolute Gasteiger partial charge is 0.410 e. The van der Waals surface area contributed by atoms with Crippen molar-refractivity contribution >= 4 is 39.5 Å².